The van der Waals surface area contributed by atoms with Crippen LogP contribution in [0.4, 0.5) is 5.69 Å². The average Bonchev–Trinajstić information content (AvgIpc) is 2.91. The van der Waals surface area contributed by atoms with Crippen molar-refractivity contribution in [2.24, 2.45) is 0 Å². The lowest BCUT2D eigenvalue weighted by atomic mass is 10.2. The predicted molar refractivity (Wildman–Crippen MR) is 120 cm³/mol. The van der Waals surface area contributed by atoms with Gasteiger partial charge in [-0.05, 0) is 45.4 Å². The summed E-state index contributed by atoms with van der Waals surface area (Å²) in [4.78, 5) is 31.9. The Hall–Kier alpha value is -1.54. The number of fused-ring (bicyclic) bond motifs is 1. The third-order valence-corrected chi connectivity index (χ3v) is 7.15. The highest BCUT2D eigenvalue weighted by Gasteiger charge is 2.19. The zero-order valence-electron chi connectivity index (χ0n) is 15.8. The van der Waals surface area contributed by atoms with Crippen LogP contribution in [0.3, 0.4) is 0 Å². The van der Waals surface area contributed by atoms with E-state index >= 15 is 0 Å². The van der Waals surface area contributed by atoms with E-state index in [4.69, 9.17) is 23.2 Å². The van der Waals surface area contributed by atoms with E-state index in [1.807, 2.05) is 27.7 Å². The summed E-state index contributed by atoms with van der Waals surface area (Å²) in [6.07, 6.45) is 0. The molecule has 148 valence electrons. The Balaban J connectivity index is 1.87. The zero-order chi connectivity index (χ0) is 20.6. The van der Waals surface area contributed by atoms with Gasteiger partial charge >= 0.3 is 0 Å². The van der Waals surface area contributed by atoms with E-state index in [9.17, 15) is 9.59 Å². The van der Waals surface area contributed by atoms with Gasteiger partial charge < -0.3 is 5.32 Å². The van der Waals surface area contributed by atoms with Gasteiger partial charge in [-0.3, -0.25) is 14.2 Å². The lowest BCUT2D eigenvalue weighted by Crippen LogP contribution is -2.25. The molecule has 28 heavy (non-hydrogen) atoms. The molecule has 3 aromatic rings. The van der Waals surface area contributed by atoms with E-state index in [1.54, 1.807) is 22.8 Å². The summed E-state index contributed by atoms with van der Waals surface area (Å²) < 4.78 is 1.64. The van der Waals surface area contributed by atoms with Gasteiger partial charge in [-0.2, -0.15) is 0 Å². The van der Waals surface area contributed by atoms with Gasteiger partial charge in [0, 0.05) is 10.9 Å². The molecule has 5 nitrogen and oxygen atoms in total. The number of aromatic nitrogens is 2. The van der Waals surface area contributed by atoms with Gasteiger partial charge in [-0.1, -0.05) is 41.0 Å². The number of thiophene rings is 1. The number of carbonyl (C=O) groups excluding carboxylic acids is 1. The minimum absolute atomic E-state index is 0.0670. The van der Waals surface area contributed by atoms with Crippen LogP contribution in [0.1, 0.15) is 30.3 Å². The van der Waals surface area contributed by atoms with Crippen LogP contribution in [0.15, 0.2) is 28.2 Å². The van der Waals surface area contributed by atoms with Crippen molar-refractivity contribution in [2.75, 3.05) is 11.1 Å². The fourth-order valence-corrected chi connectivity index (χ4v) is 5.11. The number of anilines is 1. The molecule has 9 heteroatoms. The smallest absolute Gasteiger partial charge is 0.263 e. The first kappa shape index (κ1) is 21.2. The van der Waals surface area contributed by atoms with Crippen molar-refractivity contribution in [1.82, 2.24) is 9.55 Å². The minimum Gasteiger partial charge on any atom is -0.324 e. The Kier molecular flexibility index (Phi) is 6.39. The van der Waals surface area contributed by atoms with Crippen molar-refractivity contribution in [1.29, 1.82) is 0 Å². The maximum Gasteiger partial charge on any atom is 0.263 e. The SMILES string of the molecule is Cc1sc2nc(SCC(=O)Nc3cccc(Cl)c3Cl)n(C(C)C)c(=O)c2c1C. The van der Waals surface area contributed by atoms with Crippen molar-refractivity contribution in [3.05, 3.63) is 49.0 Å². The maximum absolute atomic E-state index is 13.0. The molecule has 0 radical (unpaired) electrons. The first-order chi connectivity index (χ1) is 13.2. The third kappa shape index (κ3) is 4.08. The largest absolute Gasteiger partial charge is 0.324 e. The second kappa shape index (κ2) is 8.45. The van der Waals surface area contributed by atoms with Crippen LogP contribution in [-0.2, 0) is 4.79 Å². The van der Waals surface area contributed by atoms with Crippen LogP contribution in [0.5, 0.6) is 0 Å². The standard InChI is InChI=1S/C19H19Cl2N3O2S2/c1-9(2)24-18(26)15-10(3)11(4)28-17(15)23-19(24)27-8-14(25)22-13-7-5-6-12(20)16(13)21/h5-7,9H,8H2,1-4H3,(H,22,25). The number of rotatable bonds is 5. The van der Waals surface area contributed by atoms with Gasteiger partial charge in [0.15, 0.2) is 5.16 Å². The topological polar surface area (TPSA) is 64.0 Å². The van der Waals surface area contributed by atoms with Crippen LogP contribution in [0.2, 0.25) is 10.0 Å². The first-order valence-electron chi connectivity index (χ1n) is 8.59. The highest BCUT2D eigenvalue weighted by atomic mass is 35.5. The number of benzene rings is 1. The molecule has 0 fully saturated rings. The fraction of sp³-hybridized carbons (Fsp3) is 0.316. The molecule has 0 spiro atoms. The van der Waals surface area contributed by atoms with E-state index in [0.717, 1.165) is 10.4 Å². The molecule has 0 saturated heterocycles. The van der Waals surface area contributed by atoms with E-state index in [1.165, 1.54) is 23.1 Å². The summed E-state index contributed by atoms with van der Waals surface area (Å²) in [6.45, 7) is 7.78. The molecule has 0 atom stereocenters. The molecular formula is C19H19Cl2N3O2S2. The highest BCUT2D eigenvalue weighted by Crippen LogP contribution is 2.31. The number of nitrogens with zero attached hydrogens (tertiary/aromatic N) is 2. The number of hydrogen-bond acceptors (Lipinski definition) is 5. The number of hydrogen-bond donors (Lipinski definition) is 1. The number of thioether (sulfide) groups is 1. The van der Waals surface area contributed by atoms with Gasteiger partial charge in [-0.15, -0.1) is 11.3 Å². The molecule has 0 unspecified atom stereocenters. The monoisotopic (exact) mass is 455 g/mol. The molecule has 1 amide bonds. The molecular weight excluding hydrogens is 437 g/mol. The van der Waals surface area contributed by atoms with Gasteiger partial charge in [-0.25, -0.2) is 4.98 Å². The third-order valence-electron chi connectivity index (χ3n) is 4.28. The van der Waals surface area contributed by atoms with Crippen molar-refractivity contribution in [3.63, 3.8) is 0 Å². The summed E-state index contributed by atoms with van der Waals surface area (Å²) in [6, 6.07) is 4.98. The van der Waals surface area contributed by atoms with Gasteiger partial charge in [0.25, 0.3) is 5.56 Å². The van der Waals surface area contributed by atoms with Gasteiger partial charge in [0.1, 0.15) is 4.83 Å². The number of aryl methyl sites for hydroxylation is 2. The number of halogens is 2. The normalized spacial score (nSPS) is 11.4. The molecule has 2 heterocycles. The van der Waals surface area contributed by atoms with Crippen LogP contribution >= 0.6 is 46.3 Å². The molecule has 3 rings (SSSR count). The van der Waals surface area contributed by atoms with E-state index < -0.39 is 0 Å². The molecule has 0 aliphatic heterocycles. The lowest BCUT2D eigenvalue weighted by Gasteiger charge is -2.15. The maximum atomic E-state index is 13.0. The summed E-state index contributed by atoms with van der Waals surface area (Å²) in [5, 5.41) is 4.61. The number of carbonyl (C=O) groups is 1. The van der Waals surface area contributed by atoms with Crippen molar-refractivity contribution in [2.45, 2.75) is 38.9 Å². The van der Waals surface area contributed by atoms with Crippen molar-refractivity contribution in [3.8, 4) is 0 Å². The molecule has 0 aliphatic rings. The average molecular weight is 456 g/mol. The van der Waals surface area contributed by atoms with Crippen molar-refractivity contribution < 1.29 is 4.79 Å². The lowest BCUT2D eigenvalue weighted by molar-refractivity contribution is -0.113. The number of nitrogens with one attached hydrogen (secondary N) is 1. The molecule has 0 saturated carbocycles. The Morgan fingerprint density at radius 2 is 2.04 bits per heavy atom. The second-order valence-electron chi connectivity index (χ2n) is 6.56. The van der Waals surface area contributed by atoms with E-state index in [-0.39, 0.29) is 23.3 Å². The van der Waals surface area contributed by atoms with Gasteiger partial charge in [0.2, 0.25) is 5.91 Å². The van der Waals surface area contributed by atoms with E-state index in [0.29, 0.717) is 31.1 Å². The summed E-state index contributed by atoms with van der Waals surface area (Å²) >= 11 is 14.8. The Bertz CT molecular complexity index is 1120. The summed E-state index contributed by atoms with van der Waals surface area (Å²) in [5.41, 5.74) is 1.35. The minimum atomic E-state index is -0.252. The predicted octanol–water partition coefficient (Wildman–Crippen LogP) is 5.69. The highest BCUT2D eigenvalue weighted by molar-refractivity contribution is 7.99. The molecule has 0 bridgehead atoms. The van der Waals surface area contributed by atoms with Crippen LogP contribution in [0.25, 0.3) is 10.2 Å². The molecule has 1 N–H and O–H groups in total. The van der Waals surface area contributed by atoms with Gasteiger partial charge in [0.05, 0.1) is 26.9 Å². The Morgan fingerprint density at radius 3 is 2.71 bits per heavy atom. The quantitative estimate of drug-likeness (QED) is 0.396. The van der Waals surface area contributed by atoms with Crippen LogP contribution in [-0.4, -0.2) is 21.2 Å². The Morgan fingerprint density at radius 1 is 1.32 bits per heavy atom. The molecule has 1 aromatic carbocycles. The summed E-state index contributed by atoms with van der Waals surface area (Å²) in [5.74, 6) is -0.158. The number of amides is 1. The van der Waals surface area contributed by atoms with E-state index in [2.05, 4.69) is 10.3 Å². The van der Waals surface area contributed by atoms with Crippen LogP contribution in [0, 0.1) is 13.8 Å². The second-order valence-corrected chi connectivity index (χ2v) is 9.50. The first-order valence-corrected chi connectivity index (χ1v) is 11.2. The summed E-state index contributed by atoms with van der Waals surface area (Å²) in [7, 11) is 0. The molecule has 2 aromatic heterocycles. The van der Waals surface area contributed by atoms with Crippen LogP contribution < -0.4 is 10.9 Å². The fourth-order valence-electron chi connectivity index (χ4n) is 2.76. The Labute approximate surface area is 181 Å². The van der Waals surface area contributed by atoms with Crippen molar-refractivity contribution >= 4 is 68.1 Å². The zero-order valence-corrected chi connectivity index (χ0v) is 18.9. The molecule has 0 aliphatic carbocycles.